The van der Waals surface area contributed by atoms with Gasteiger partial charge in [0.05, 0.1) is 5.70 Å². The van der Waals surface area contributed by atoms with Crippen LogP contribution in [0, 0.1) is 0 Å². The second kappa shape index (κ2) is 2.37. The van der Waals surface area contributed by atoms with Gasteiger partial charge >= 0.3 is 0 Å². The third-order valence-electron chi connectivity index (χ3n) is 1.93. The number of nitrogens with zero attached hydrogens (tertiary/aromatic N) is 1. The summed E-state index contributed by atoms with van der Waals surface area (Å²) in [5.74, 6) is 0. The molecule has 0 aromatic heterocycles. The van der Waals surface area contributed by atoms with E-state index in [1.807, 2.05) is 6.20 Å². The van der Waals surface area contributed by atoms with E-state index in [1.54, 1.807) is 0 Å². The number of nitrogens with one attached hydrogen (secondary N) is 1. The molecule has 0 fully saturated rings. The van der Waals surface area contributed by atoms with E-state index >= 15 is 0 Å². The van der Waals surface area contributed by atoms with Crippen LogP contribution in [0.15, 0.2) is 23.5 Å². The van der Waals surface area contributed by atoms with Crippen molar-refractivity contribution in [3.05, 3.63) is 23.5 Å². The molecule has 2 aliphatic heterocycles. The quantitative estimate of drug-likeness (QED) is 0.521. The van der Waals surface area contributed by atoms with E-state index in [9.17, 15) is 0 Å². The number of allylic oxidation sites excluding steroid dienone is 1. The zero-order valence-corrected chi connectivity index (χ0v) is 5.93. The summed E-state index contributed by atoms with van der Waals surface area (Å²) in [6.45, 7) is 2.04. The van der Waals surface area contributed by atoms with E-state index in [4.69, 9.17) is 0 Å². The van der Waals surface area contributed by atoms with Gasteiger partial charge in [0.15, 0.2) is 0 Å². The molecule has 0 saturated carbocycles. The first kappa shape index (κ1) is 5.83. The molecule has 0 spiro atoms. The highest BCUT2D eigenvalue weighted by atomic mass is 14.9. The normalized spacial score (nSPS) is 23.2. The molecule has 0 amide bonds. The van der Waals surface area contributed by atoms with Gasteiger partial charge in [0, 0.05) is 19.3 Å². The molecule has 0 aromatic carbocycles. The van der Waals surface area contributed by atoms with E-state index < -0.39 is 0 Å². The van der Waals surface area contributed by atoms with Gasteiger partial charge in [0.2, 0.25) is 0 Å². The second-order valence-electron chi connectivity index (χ2n) is 2.64. The van der Waals surface area contributed by atoms with Crippen molar-refractivity contribution in [1.82, 2.24) is 10.6 Å². The minimum absolute atomic E-state index is 0.969. The van der Waals surface area contributed by atoms with E-state index in [0.717, 1.165) is 19.5 Å². The van der Waals surface area contributed by atoms with E-state index in [-0.39, 0.29) is 0 Å². The summed E-state index contributed by atoms with van der Waals surface area (Å²) in [5.41, 5.74) is 2.71. The first-order valence-corrected chi connectivity index (χ1v) is 3.77. The zero-order chi connectivity index (χ0) is 6.81. The topological polar surface area (TPSA) is 26.1 Å². The smallest absolute Gasteiger partial charge is 0.0551 e. The van der Waals surface area contributed by atoms with Gasteiger partial charge in [0.25, 0.3) is 0 Å². The maximum atomic E-state index is 4.20. The van der Waals surface area contributed by atoms with Crippen LogP contribution in [0.2, 0.25) is 0 Å². The Morgan fingerprint density at radius 2 is 2.50 bits per heavy atom. The lowest BCUT2D eigenvalue weighted by Gasteiger charge is -2.21. The van der Waals surface area contributed by atoms with Gasteiger partial charge in [0.1, 0.15) is 0 Å². The average molecular weight is 135 g/mol. The van der Waals surface area contributed by atoms with Crippen molar-refractivity contribution in [2.75, 3.05) is 13.1 Å². The number of fused-ring (bicyclic) bond motifs is 1. The van der Waals surface area contributed by atoms with Crippen LogP contribution in [0.5, 0.6) is 0 Å². The highest BCUT2D eigenvalue weighted by Crippen LogP contribution is 2.18. The fraction of sp³-hybridized carbons (Fsp3) is 0.500. The summed E-state index contributed by atoms with van der Waals surface area (Å²) in [7, 11) is 0. The molecule has 2 rings (SSSR count). The Bertz CT molecular complexity index is 169. The lowest BCUT2D eigenvalue weighted by atomic mass is 10.0. The molecule has 0 atom stereocenters. The van der Waals surface area contributed by atoms with Gasteiger partial charge in [-0.15, -0.1) is 0 Å². The lowest BCUT2D eigenvalue weighted by Crippen LogP contribution is -2.25. The molecule has 53 valence electrons. The maximum Gasteiger partial charge on any atom is 0.0551 e. The predicted octanol–water partition coefficient (Wildman–Crippen LogP) is 0.756. The van der Waals surface area contributed by atoms with E-state index in [0.29, 0.717) is 0 Å². The average Bonchev–Trinajstić information content (AvgIpc) is 2.05. The maximum absolute atomic E-state index is 4.20. The molecule has 2 nitrogen and oxygen atoms in total. The van der Waals surface area contributed by atoms with Gasteiger partial charge in [-0.25, -0.2) is 0 Å². The van der Waals surface area contributed by atoms with Crippen LogP contribution in [-0.4, -0.2) is 13.1 Å². The Balaban J connectivity index is 2.25. The van der Waals surface area contributed by atoms with E-state index in [1.165, 1.54) is 17.7 Å². The van der Waals surface area contributed by atoms with Crippen molar-refractivity contribution in [2.24, 2.45) is 0 Å². The summed E-state index contributed by atoms with van der Waals surface area (Å²) in [4.78, 5) is 0. The Labute approximate surface area is 61.0 Å². The van der Waals surface area contributed by atoms with Crippen LogP contribution in [-0.2, 0) is 0 Å². The molecule has 2 aliphatic rings. The highest BCUT2D eigenvalue weighted by molar-refractivity contribution is 5.33. The van der Waals surface area contributed by atoms with Gasteiger partial charge in [-0.2, -0.15) is 0 Å². The SMILES string of the molecule is C1=C2CC[N]C=C2NCC1. The van der Waals surface area contributed by atoms with Crippen LogP contribution in [0.1, 0.15) is 12.8 Å². The number of rotatable bonds is 0. The second-order valence-corrected chi connectivity index (χ2v) is 2.64. The Morgan fingerprint density at radius 1 is 1.50 bits per heavy atom. The predicted molar refractivity (Wildman–Crippen MR) is 40.4 cm³/mol. The molecule has 0 aromatic rings. The van der Waals surface area contributed by atoms with Gasteiger partial charge in [-0.05, 0) is 18.4 Å². The molecular weight excluding hydrogens is 124 g/mol. The summed E-state index contributed by atoms with van der Waals surface area (Å²) in [6, 6.07) is 0. The van der Waals surface area contributed by atoms with Crippen LogP contribution in [0.4, 0.5) is 0 Å². The Hall–Kier alpha value is -0.920. The standard InChI is InChI=1S/C8H11N2/c1-2-7-3-5-9-6-8(7)10-4-1/h2,6,10H,1,3-5H2. The van der Waals surface area contributed by atoms with Crippen molar-refractivity contribution < 1.29 is 0 Å². The summed E-state index contributed by atoms with van der Waals surface area (Å²) >= 11 is 0. The monoisotopic (exact) mass is 135 g/mol. The molecule has 0 unspecified atom stereocenters. The molecular formula is C8H11N2. The minimum Gasteiger partial charge on any atom is -0.383 e. The van der Waals surface area contributed by atoms with Crippen molar-refractivity contribution >= 4 is 0 Å². The Morgan fingerprint density at radius 3 is 3.40 bits per heavy atom. The van der Waals surface area contributed by atoms with Crippen molar-refractivity contribution in [3.63, 3.8) is 0 Å². The molecule has 0 saturated heterocycles. The fourth-order valence-corrected chi connectivity index (χ4v) is 1.38. The first-order chi connectivity index (χ1) is 4.97. The molecule has 2 heteroatoms. The van der Waals surface area contributed by atoms with Crippen LogP contribution in [0.25, 0.3) is 0 Å². The minimum atomic E-state index is 0.969. The third-order valence-corrected chi connectivity index (χ3v) is 1.93. The van der Waals surface area contributed by atoms with E-state index in [2.05, 4.69) is 16.7 Å². The van der Waals surface area contributed by atoms with Crippen molar-refractivity contribution in [1.29, 1.82) is 0 Å². The van der Waals surface area contributed by atoms with Crippen LogP contribution in [0.3, 0.4) is 0 Å². The highest BCUT2D eigenvalue weighted by Gasteiger charge is 2.12. The van der Waals surface area contributed by atoms with Gasteiger partial charge < -0.3 is 5.32 Å². The van der Waals surface area contributed by atoms with Crippen LogP contribution >= 0.6 is 0 Å². The first-order valence-electron chi connectivity index (χ1n) is 3.77. The lowest BCUT2D eigenvalue weighted by molar-refractivity contribution is 0.683. The molecule has 0 bridgehead atoms. The fourth-order valence-electron chi connectivity index (χ4n) is 1.38. The zero-order valence-electron chi connectivity index (χ0n) is 5.93. The molecule has 1 N–H and O–H groups in total. The molecule has 10 heavy (non-hydrogen) atoms. The van der Waals surface area contributed by atoms with Gasteiger partial charge in [-0.1, -0.05) is 6.08 Å². The van der Waals surface area contributed by atoms with Gasteiger partial charge in [-0.3, -0.25) is 5.32 Å². The third kappa shape index (κ3) is 0.897. The molecule has 1 radical (unpaired) electrons. The van der Waals surface area contributed by atoms with Crippen molar-refractivity contribution in [3.8, 4) is 0 Å². The van der Waals surface area contributed by atoms with Crippen molar-refractivity contribution in [2.45, 2.75) is 12.8 Å². The molecule has 0 aliphatic carbocycles. The molecule has 2 heterocycles. The van der Waals surface area contributed by atoms with Crippen LogP contribution < -0.4 is 10.6 Å². The largest absolute Gasteiger partial charge is 0.383 e. The summed E-state index contributed by atoms with van der Waals surface area (Å²) < 4.78 is 0. The number of hydrogen-bond donors (Lipinski definition) is 1. The summed E-state index contributed by atoms with van der Waals surface area (Å²) in [5, 5.41) is 7.52. The Kier molecular flexibility index (Phi) is 1.38. The summed E-state index contributed by atoms with van der Waals surface area (Å²) in [6.07, 6.45) is 6.57. The number of hydrogen-bond acceptors (Lipinski definition) is 1.